The number of hydrogen-bond donors (Lipinski definition) is 3. The third kappa shape index (κ3) is 4.37. The number of rotatable bonds is 6. The maximum atomic E-state index is 11.9. The predicted molar refractivity (Wildman–Crippen MR) is 74.1 cm³/mol. The van der Waals surface area contributed by atoms with Gasteiger partial charge >= 0.3 is 0 Å². The zero-order valence-electron chi connectivity index (χ0n) is 11.0. The second-order valence-electron chi connectivity index (χ2n) is 4.73. The van der Waals surface area contributed by atoms with Crippen LogP contribution in [0.4, 0.5) is 5.69 Å². The summed E-state index contributed by atoms with van der Waals surface area (Å²) in [5.74, 6) is -0.136. The molecule has 0 atom stereocenters. The Morgan fingerprint density at radius 2 is 2.11 bits per heavy atom. The molecule has 0 heterocycles. The Balaban J connectivity index is 1.93. The van der Waals surface area contributed by atoms with Gasteiger partial charge in [0.05, 0.1) is 0 Å². The van der Waals surface area contributed by atoms with Crippen molar-refractivity contribution >= 4 is 17.5 Å². The summed E-state index contributed by atoms with van der Waals surface area (Å²) in [4.78, 5) is 23.5. The first-order chi connectivity index (χ1) is 9.19. The van der Waals surface area contributed by atoms with Crippen molar-refractivity contribution in [1.29, 1.82) is 0 Å². The van der Waals surface area contributed by atoms with Gasteiger partial charge in [-0.25, -0.2) is 0 Å². The molecule has 2 rings (SSSR count). The summed E-state index contributed by atoms with van der Waals surface area (Å²) in [5.41, 5.74) is 1.24. The van der Waals surface area contributed by atoms with Gasteiger partial charge in [0.1, 0.15) is 0 Å². The van der Waals surface area contributed by atoms with Gasteiger partial charge in [0, 0.05) is 30.3 Å². The average molecular weight is 261 g/mol. The molecule has 1 saturated carbocycles. The molecule has 19 heavy (non-hydrogen) atoms. The molecule has 102 valence electrons. The molecule has 0 saturated heterocycles. The maximum Gasteiger partial charge on any atom is 0.251 e. The first-order valence-corrected chi connectivity index (χ1v) is 6.54. The van der Waals surface area contributed by atoms with E-state index >= 15 is 0 Å². The largest absolute Gasteiger partial charge is 0.349 e. The summed E-state index contributed by atoms with van der Waals surface area (Å²) < 4.78 is 0. The van der Waals surface area contributed by atoms with Crippen molar-refractivity contribution in [2.45, 2.75) is 25.3 Å². The molecule has 0 bridgehead atoms. The molecule has 1 aliphatic rings. The lowest BCUT2D eigenvalue weighted by molar-refractivity contribution is -0.116. The second kappa shape index (κ2) is 6.33. The molecule has 1 fully saturated rings. The molecular formula is C14H19N3O2. The minimum absolute atomic E-state index is 0.0610. The summed E-state index contributed by atoms with van der Waals surface area (Å²) in [6.07, 6.45) is 2.54. The van der Waals surface area contributed by atoms with E-state index in [1.165, 1.54) is 0 Å². The third-order valence-electron chi connectivity index (χ3n) is 2.92. The minimum atomic E-state index is -0.0752. The van der Waals surface area contributed by atoms with Crippen molar-refractivity contribution in [1.82, 2.24) is 10.6 Å². The first kappa shape index (κ1) is 13.5. The summed E-state index contributed by atoms with van der Waals surface area (Å²) in [5, 5.41) is 8.62. The minimum Gasteiger partial charge on any atom is -0.349 e. The fourth-order valence-corrected chi connectivity index (χ4v) is 1.70. The van der Waals surface area contributed by atoms with Gasteiger partial charge in [-0.1, -0.05) is 6.07 Å². The third-order valence-corrected chi connectivity index (χ3v) is 2.92. The Morgan fingerprint density at radius 3 is 2.79 bits per heavy atom. The highest BCUT2D eigenvalue weighted by atomic mass is 16.2. The van der Waals surface area contributed by atoms with Gasteiger partial charge in [0.2, 0.25) is 5.91 Å². The van der Waals surface area contributed by atoms with Crippen molar-refractivity contribution in [2.24, 2.45) is 0 Å². The number of hydrogen-bond acceptors (Lipinski definition) is 3. The molecule has 3 N–H and O–H groups in total. The number of amides is 2. The Hall–Kier alpha value is -1.88. The molecular weight excluding hydrogens is 242 g/mol. The lowest BCUT2D eigenvalue weighted by Crippen LogP contribution is -2.25. The molecule has 0 spiro atoms. The molecule has 5 heteroatoms. The van der Waals surface area contributed by atoms with Gasteiger partial charge in [-0.2, -0.15) is 0 Å². The lowest BCUT2D eigenvalue weighted by atomic mass is 10.2. The number of benzene rings is 1. The van der Waals surface area contributed by atoms with Gasteiger partial charge < -0.3 is 16.0 Å². The molecule has 5 nitrogen and oxygen atoms in total. The number of anilines is 1. The zero-order chi connectivity index (χ0) is 13.7. The molecule has 1 aromatic carbocycles. The number of carbonyl (C=O) groups excluding carboxylic acids is 2. The molecule has 2 amide bonds. The molecule has 1 aromatic rings. The van der Waals surface area contributed by atoms with Gasteiger partial charge in [-0.15, -0.1) is 0 Å². The molecule has 0 radical (unpaired) electrons. The Morgan fingerprint density at radius 1 is 1.32 bits per heavy atom. The van der Waals surface area contributed by atoms with Crippen LogP contribution in [0.25, 0.3) is 0 Å². The van der Waals surface area contributed by atoms with E-state index in [1.807, 2.05) is 0 Å². The van der Waals surface area contributed by atoms with E-state index in [9.17, 15) is 9.59 Å². The van der Waals surface area contributed by atoms with Crippen molar-refractivity contribution in [3.63, 3.8) is 0 Å². The van der Waals surface area contributed by atoms with Gasteiger partial charge in [0.25, 0.3) is 5.91 Å². The fourth-order valence-electron chi connectivity index (χ4n) is 1.70. The van der Waals surface area contributed by atoms with Crippen LogP contribution < -0.4 is 16.0 Å². The van der Waals surface area contributed by atoms with E-state index in [0.717, 1.165) is 12.8 Å². The van der Waals surface area contributed by atoms with Crippen LogP contribution in [0.15, 0.2) is 24.3 Å². The highest BCUT2D eigenvalue weighted by molar-refractivity contribution is 5.97. The summed E-state index contributed by atoms with van der Waals surface area (Å²) in [7, 11) is 1.80. The van der Waals surface area contributed by atoms with Crippen LogP contribution in [0.3, 0.4) is 0 Å². The average Bonchev–Trinajstić information content (AvgIpc) is 3.20. The molecule has 0 aliphatic heterocycles. The number of carbonyl (C=O) groups is 2. The van der Waals surface area contributed by atoms with E-state index in [1.54, 1.807) is 31.3 Å². The van der Waals surface area contributed by atoms with Gasteiger partial charge in [-0.3, -0.25) is 9.59 Å². The Bertz CT molecular complexity index is 470. The van der Waals surface area contributed by atoms with E-state index in [-0.39, 0.29) is 11.8 Å². The quantitative estimate of drug-likeness (QED) is 0.719. The SMILES string of the molecule is CNCCC(=O)Nc1cccc(C(=O)NC2CC2)c1. The smallest absolute Gasteiger partial charge is 0.251 e. The summed E-state index contributed by atoms with van der Waals surface area (Å²) >= 11 is 0. The normalized spacial score (nSPS) is 13.9. The van der Waals surface area contributed by atoms with Crippen LogP contribution in [-0.4, -0.2) is 31.4 Å². The van der Waals surface area contributed by atoms with Crippen LogP contribution in [0.5, 0.6) is 0 Å². The van der Waals surface area contributed by atoms with Gasteiger partial charge in [-0.05, 0) is 38.1 Å². The summed E-state index contributed by atoms with van der Waals surface area (Å²) in [6, 6.07) is 7.35. The van der Waals surface area contributed by atoms with Crippen molar-refractivity contribution in [3.8, 4) is 0 Å². The number of nitrogens with one attached hydrogen (secondary N) is 3. The topological polar surface area (TPSA) is 70.2 Å². The lowest BCUT2D eigenvalue weighted by Gasteiger charge is -2.07. The van der Waals surface area contributed by atoms with Gasteiger partial charge in [0.15, 0.2) is 0 Å². The van der Waals surface area contributed by atoms with E-state index in [0.29, 0.717) is 30.3 Å². The van der Waals surface area contributed by atoms with E-state index < -0.39 is 0 Å². The maximum absolute atomic E-state index is 11.9. The highest BCUT2D eigenvalue weighted by Gasteiger charge is 2.23. The molecule has 0 aromatic heterocycles. The van der Waals surface area contributed by atoms with Crippen LogP contribution in [-0.2, 0) is 4.79 Å². The Labute approximate surface area is 112 Å². The second-order valence-corrected chi connectivity index (χ2v) is 4.73. The Kier molecular flexibility index (Phi) is 4.52. The van der Waals surface area contributed by atoms with E-state index in [2.05, 4.69) is 16.0 Å². The van der Waals surface area contributed by atoms with Crippen molar-refractivity contribution < 1.29 is 9.59 Å². The fraction of sp³-hybridized carbons (Fsp3) is 0.429. The van der Waals surface area contributed by atoms with Crippen molar-refractivity contribution in [2.75, 3.05) is 18.9 Å². The standard InChI is InChI=1S/C14H19N3O2/c1-15-8-7-13(18)16-12-4-2-3-10(9-12)14(19)17-11-5-6-11/h2-4,9,11,15H,5-8H2,1H3,(H,16,18)(H,17,19). The van der Waals surface area contributed by atoms with Crippen LogP contribution in [0.2, 0.25) is 0 Å². The highest BCUT2D eigenvalue weighted by Crippen LogP contribution is 2.20. The van der Waals surface area contributed by atoms with Crippen molar-refractivity contribution in [3.05, 3.63) is 29.8 Å². The summed E-state index contributed by atoms with van der Waals surface area (Å²) in [6.45, 7) is 0.633. The van der Waals surface area contributed by atoms with E-state index in [4.69, 9.17) is 0 Å². The van der Waals surface area contributed by atoms with Crippen LogP contribution >= 0.6 is 0 Å². The zero-order valence-corrected chi connectivity index (χ0v) is 11.0. The molecule has 1 aliphatic carbocycles. The monoisotopic (exact) mass is 261 g/mol. The first-order valence-electron chi connectivity index (χ1n) is 6.54. The van der Waals surface area contributed by atoms with Crippen LogP contribution in [0.1, 0.15) is 29.6 Å². The predicted octanol–water partition coefficient (Wildman–Crippen LogP) is 1.13. The molecule has 0 unspecified atom stereocenters. The van der Waals surface area contributed by atoms with Crippen LogP contribution in [0, 0.1) is 0 Å².